The molecule has 0 fully saturated rings. The standard InChI is InChI=1S/C16H21N5O3S.C2HF3O2/c1-12-4-3-5-15(19-12)16(22)20-10-13-6-8-17-21(13)14(11-20)7-9-18-25(2,23)24;3-2(4,5)1(6)7/h3-6,8,14,18H,7,9-11H2,1-2H3;(H,6,7). The Morgan fingerprint density at radius 1 is 1.28 bits per heavy atom. The number of fused-ring (bicyclic) bond motifs is 1. The van der Waals surface area contributed by atoms with Crippen LogP contribution in [0.15, 0.2) is 30.5 Å². The quantitative estimate of drug-likeness (QED) is 0.664. The van der Waals surface area contributed by atoms with Gasteiger partial charge in [0.1, 0.15) is 5.69 Å². The van der Waals surface area contributed by atoms with Crippen LogP contribution in [0.1, 0.15) is 34.3 Å². The highest BCUT2D eigenvalue weighted by atomic mass is 32.2. The minimum Gasteiger partial charge on any atom is -0.475 e. The van der Waals surface area contributed by atoms with E-state index >= 15 is 0 Å². The normalized spacial score (nSPS) is 16.0. The molecule has 0 aliphatic carbocycles. The van der Waals surface area contributed by atoms with Gasteiger partial charge in [-0.25, -0.2) is 22.9 Å². The van der Waals surface area contributed by atoms with E-state index in [1.807, 2.05) is 29.8 Å². The second-order valence-corrected chi connectivity index (χ2v) is 8.86. The first-order valence-electron chi connectivity index (χ1n) is 9.28. The molecule has 14 heteroatoms. The lowest BCUT2D eigenvalue weighted by atomic mass is 10.1. The zero-order valence-electron chi connectivity index (χ0n) is 17.2. The highest BCUT2D eigenvalue weighted by Gasteiger charge is 2.38. The molecule has 1 aliphatic rings. The van der Waals surface area contributed by atoms with Crippen LogP contribution in [0, 0.1) is 6.92 Å². The largest absolute Gasteiger partial charge is 0.490 e. The number of hydrogen-bond donors (Lipinski definition) is 2. The number of aliphatic carboxylic acids is 1. The Hall–Kier alpha value is -3.00. The molecule has 2 aromatic rings. The third kappa shape index (κ3) is 7.30. The molecule has 1 atom stereocenters. The Labute approximate surface area is 182 Å². The molecule has 2 aromatic heterocycles. The van der Waals surface area contributed by atoms with Crippen LogP contribution in [0.25, 0.3) is 0 Å². The van der Waals surface area contributed by atoms with Crippen molar-refractivity contribution in [1.29, 1.82) is 0 Å². The maximum absolute atomic E-state index is 12.8. The number of carboxylic acid groups (broad SMARTS) is 1. The van der Waals surface area contributed by atoms with Crippen LogP contribution in [0.4, 0.5) is 13.2 Å². The van der Waals surface area contributed by atoms with E-state index in [9.17, 15) is 26.4 Å². The summed E-state index contributed by atoms with van der Waals surface area (Å²) < 4.78 is 58.6. The summed E-state index contributed by atoms with van der Waals surface area (Å²) in [5, 5.41) is 11.4. The van der Waals surface area contributed by atoms with Gasteiger partial charge in [-0.3, -0.25) is 9.48 Å². The molecule has 0 radical (unpaired) electrons. The molecule has 0 saturated heterocycles. The number of carbonyl (C=O) groups excluding carboxylic acids is 1. The Bertz CT molecular complexity index is 1070. The van der Waals surface area contributed by atoms with Crippen molar-refractivity contribution in [3.8, 4) is 0 Å². The van der Waals surface area contributed by atoms with Crippen molar-refractivity contribution in [3.63, 3.8) is 0 Å². The number of nitrogens with one attached hydrogen (secondary N) is 1. The van der Waals surface area contributed by atoms with Gasteiger partial charge in [0.05, 0.1) is 24.5 Å². The second-order valence-electron chi connectivity index (χ2n) is 7.03. The van der Waals surface area contributed by atoms with Crippen LogP contribution in [0.3, 0.4) is 0 Å². The van der Waals surface area contributed by atoms with Crippen LogP contribution < -0.4 is 4.72 Å². The SMILES string of the molecule is Cc1cccc(C(=O)N2Cc3ccnn3C(CCNS(C)(=O)=O)C2)n1.O=C(O)C(F)(F)F. The third-order valence-corrected chi connectivity index (χ3v) is 5.09. The number of carboxylic acids is 1. The average Bonchev–Trinajstić information content (AvgIpc) is 3.15. The second kappa shape index (κ2) is 10.1. The van der Waals surface area contributed by atoms with Gasteiger partial charge in [-0.1, -0.05) is 6.07 Å². The van der Waals surface area contributed by atoms with Crippen molar-refractivity contribution in [1.82, 2.24) is 24.4 Å². The zero-order valence-corrected chi connectivity index (χ0v) is 18.0. The fraction of sp³-hybridized carbons (Fsp3) is 0.444. The van der Waals surface area contributed by atoms with Crippen LogP contribution in [0.2, 0.25) is 0 Å². The molecule has 1 unspecified atom stereocenters. The van der Waals surface area contributed by atoms with Crippen molar-refractivity contribution in [2.75, 3.05) is 19.3 Å². The number of pyridine rings is 1. The molecule has 2 N–H and O–H groups in total. The number of nitrogens with zero attached hydrogens (tertiary/aromatic N) is 4. The van der Waals surface area contributed by atoms with Gasteiger partial charge in [0.2, 0.25) is 10.0 Å². The molecule has 1 aliphatic heterocycles. The van der Waals surface area contributed by atoms with Crippen molar-refractivity contribution in [2.45, 2.75) is 32.1 Å². The van der Waals surface area contributed by atoms with Crippen molar-refractivity contribution in [2.24, 2.45) is 0 Å². The van der Waals surface area contributed by atoms with E-state index < -0.39 is 22.2 Å². The van der Waals surface area contributed by atoms with Gasteiger partial charge in [-0.05, 0) is 31.5 Å². The molecule has 1 amide bonds. The Balaban J connectivity index is 0.000000451. The third-order valence-electron chi connectivity index (χ3n) is 4.36. The molecule has 176 valence electrons. The van der Waals surface area contributed by atoms with Crippen LogP contribution in [-0.4, -0.2) is 70.6 Å². The summed E-state index contributed by atoms with van der Waals surface area (Å²) in [6.45, 7) is 3.08. The topological polar surface area (TPSA) is 134 Å². The molecule has 0 saturated carbocycles. The molecule has 10 nitrogen and oxygen atoms in total. The summed E-state index contributed by atoms with van der Waals surface area (Å²) in [6.07, 6.45) is -1.70. The van der Waals surface area contributed by atoms with E-state index in [0.717, 1.165) is 17.6 Å². The number of aromatic nitrogens is 3. The van der Waals surface area contributed by atoms with Crippen molar-refractivity contribution in [3.05, 3.63) is 47.5 Å². The predicted molar refractivity (Wildman–Crippen MR) is 106 cm³/mol. The lowest BCUT2D eigenvalue weighted by molar-refractivity contribution is -0.192. The number of alkyl halides is 3. The van der Waals surface area contributed by atoms with Crippen LogP contribution >= 0.6 is 0 Å². The molecule has 0 bridgehead atoms. The fourth-order valence-electron chi connectivity index (χ4n) is 2.99. The van der Waals surface area contributed by atoms with E-state index in [4.69, 9.17) is 9.90 Å². The van der Waals surface area contributed by atoms with Crippen molar-refractivity contribution >= 4 is 21.9 Å². The smallest absolute Gasteiger partial charge is 0.475 e. The predicted octanol–water partition coefficient (Wildman–Crippen LogP) is 1.36. The highest BCUT2D eigenvalue weighted by molar-refractivity contribution is 7.88. The highest BCUT2D eigenvalue weighted by Crippen LogP contribution is 2.24. The lowest BCUT2D eigenvalue weighted by Crippen LogP contribution is -2.42. The Kier molecular flexibility index (Phi) is 7.96. The van der Waals surface area contributed by atoms with E-state index in [1.165, 1.54) is 0 Å². The number of halogens is 3. The van der Waals surface area contributed by atoms with E-state index in [-0.39, 0.29) is 11.9 Å². The number of sulfonamides is 1. The maximum Gasteiger partial charge on any atom is 0.490 e. The van der Waals surface area contributed by atoms with Gasteiger partial charge in [-0.15, -0.1) is 0 Å². The van der Waals surface area contributed by atoms with Gasteiger partial charge in [0.25, 0.3) is 5.91 Å². The van der Waals surface area contributed by atoms with Crippen LogP contribution in [0.5, 0.6) is 0 Å². The Morgan fingerprint density at radius 3 is 2.50 bits per heavy atom. The Morgan fingerprint density at radius 2 is 1.94 bits per heavy atom. The monoisotopic (exact) mass is 477 g/mol. The first-order valence-corrected chi connectivity index (χ1v) is 11.2. The summed E-state index contributed by atoms with van der Waals surface area (Å²) in [7, 11) is -3.24. The van der Waals surface area contributed by atoms with E-state index in [0.29, 0.717) is 31.7 Å². The first-order chi connectivity index (χ1) is 14.8. The number of aryl methyl sites for hydroxylation is 1. The molecular formula is C18H22F3N5O5S. The molecular weight excluding hydrogens is 455 g/mol. The lowest BCUT2D eigenvalue weighted by Gasteiger charge is -2.33. The van der Waals surface area contributed by atoms with E-state index in [2.05, 4.69) is 14.8 Å². The summed E-state index contributed by atoms with van der Waals surface area (Å²) in [4.78, 5) is 27.7. The molecule has 3 rings (SSSR count). The van der Waals surface area contributed by atoms with Gasteiger partial charge in [-0.2, -0.15) is 18.3 Å². The number of rotatable bonds is 5. The van der Waals surface area contributed by atoms with Crippen LogP contribution in [-0.2, 0) is 21.4 Å². The van der Waals surface area contributed by atoms with Crippen molar-refractivity contribution < 1.29 is 36.3 Å². The molecule has 0 spiro atoms. The molecule has 0 aromatic carbocycles. The first kappa shape index (κ1) is 25.3. The van der Waals surface area contributed by atoms with E-state index in [1.54, 1.807) is 17.2 Å². The minimum absolute atomic E-state index is 0.0817. The summed E-state index contributed by atoms with van der Waals surface area (Å²) in [6, 6.07) is 7.17. The summed E-state index contributed by atoms with van der Waals surface area (Å²) >= 11 is 0. The average molecular weight is 477 g/mol. The van der Waals surface area contributed by atoms with Gasteiger partial charge in [0, 0.05) is 25.0 Å². The number of carbonyl (C=O) groups is 2. The van der Waals surface area contributed by atoms with Gasteiger partial charge < -0.3 is 10.0 Å². The van der Waals surface area contributed by atoms with Gasteiger partial charge >= 0.3 is 12.1 Å². The minimum atomic E-state index is -5.08. The van der Waals surface area contributed by atoms with Gasteiger partial charge in [0.15, 0.2) is 0 Å². The molecule has 32 heavy (non-hydrogen) atoms. The summed E-state index contributed by atoms with van der Waals surface area (Å²) in [5.74, 6) is -2.88. The fourth-order valence-corrected chi connectivity index (χ4v) is 3.48. The number of hydrogen-bond acceptors (Lipinski definition) is 6. The summed E-state index contributed by atoms with van der Waals surface area (Å²) in [5.41, 5.74) is 2.14. The molecule has 3 heterocycles. The maximum atomic E-state index is 12.8. The zero-order chi connectivity index (χ0) is 24.1. The number of amides is 1.